The van der Waals surface area contributed by atoms with Crippen molar-refractivity contribution >= 4 is 21.6 Å². The Morgan fingerprint density at radius 1 is 1.34 bits per heavy atom. The molecule has 1 amide bonds. The molecular weight excluding hydrogens is 449 g/mol. The number of carbonyl (C=O) groups is 1. The minimum absolute atomic E-state index is 0.0534. The van der Waals surface area contributed by atoms with Crippen LogP contribution in [0.3, 0.4) is 0 Å². The standard InChI is InChI=1S/C19H21F3N6O3S/c1-3-27-11-15(10-25-27)32(30,31)28-7-6-26(12-17(28)18(29)24-2)14-5-4-13(9-23)16(8-14)19(20,21)22/h4-5,8,10-11,17H,3,6-7,12H2,1-2H3,(H,24,29). The molecule has 1 N–H and O–H groups in total. The van der Waals surface area contributed by atoms with E-state index in [1.54, 1.807) is 6.92 Å². The molecule has 1 aromatic heterocycles. The Hall–Kier alpha value is -3.11. The first kappa shape index (κ1) is 23.6. The summed E-state index contributed by atoms with van der Waals surface area (Å²) in [6.45, 7) is 2.02. The number of hydrogen-bond acceptors (Lipinski definition) is 6. The van der Waals surface area contributed by atoms with E-state index in [2.05, 4.69) is 10.4 Å². The number of benzene rings is 1. The lowest BCUT2D eigenvalue weighted by Crippen LogP contribution is -2.60. The number of halogens is 3. The molecule has 0 bridgehead atoms. The lowest BCUT2D eigenvalue weighted by molar-refractivity contribution is -0.137. The number of nitrogens with one attached hydrogen (secondary N) is 1. The number of aryl methyl sites for hydroxylation is 1. The number of alkyl halides is 3. The topological polar surface area (TPSA) is 111 Å². The third-order valence-electron chi connectivity index (χ3n) is 5.21. The summed E-state index contributed by atoms with van der Waals surface area (Å²) in [5, 5.41) is 15.4. The summed E-state index contributed by atoms with van der Waals surface area (Å²) in [7, 11) is -2.71. The van der Waals surface area contributed by atoms with E-state index in [0.29, 0.717) is 6.54 Å². The lowest BCUT2D eigenvalue weighted by Gasteiger charge is -2.40. The van der Waals surface area contributed by atoms with Crippen molar-refractivity contribution in [3.05, 3.63) is 41.7 Å². The van der Waals surface area contributed by atoms with Crippen molar-refractivity contribution in [2.75, 3.05) is 31.6 Å². The van der Waals surface area contributed by atoms with Crippen molar-refractivity contribution in [1.82, 2.24) is 19.4 Å². The average molecular weight is 470 g/mol. The molecule has 32 heavy (non-hydrogen) atoms. The van der Waals surface area contributed by atoms with Crippen molar-refractivity contribution in [3.63, 3.8) is 0 Å². The predicted octanol–water partition coefficient (Wildman–Crippen LogP) is 1.42. The summed E-state index contributed by atoms with van der Waals surface area (Å²) in [5.74, 6) is -0.592. The van der Waals surface area contributed by atoms with Crippen molar-refractivity contribution in [1.29, 1.82) is 5.26 Å². The second kappa shape index (κ2) is 8.79. The second-order valence-electron chi connectivity index (χ2n) is 7.06. The fraction of sp³-hybridized carbons (Fsp3) is 0.421. The third-order valence-corrected chi connectivity index (χ3v) is 7.08. The average Bonchev–Trinajstić information content (AvgIpc) is 3.27. The van der Waals surface area contributed by atoms with Gasteiger partial charge in [0.1, 0.15) is 10.9 Å². The van der Waals surface area contributed by atoms with E-state index in [-0.39, 0.29) is 30.2 Å². The highest BCUT2D eigenvalue weighted by Gasteiger charge is 2.41. The number of carbonyl (C=O) groups excluding carboxylic acids is 1. The van der Waals surface area contributed by atoms with Crippen LogP contribution in [0.25, 0.3) is 0 Å². The van der Waals surface area contributed by atoms with Gasteiger partial charge in [-0.1, -0.05) is 0 Å². The molecule has 1 fully saturated rings. The number of nitriles is 1. The number of aromatic nitrogens is 2. The molecule has 1 aliphatic rings. The number of piperazine rings is 1. The minimum Gasteiger partial charge on any atom is -0.368 e. The van der Waals surface area contributed by atoms with Crippen molar-refractivity contribution in [2.45, 2.75) is 30.6 Å². The van der Waals surface area contributed by atoms with E-state index >= 15 is 0 Å². The molecule has 13 heteroatoms. The van der Waals surface area contributed by atoms with Gasteiger partial charge in [0.15, 0.2) is 0 Å². The van der Waals surface area contributed by atoms with E-state index in [0.717, 1.165) is 16.4 Å². The summed E-state index contributed by atoms with van der Waals surface area (Å²) in [4.78, 5) is 14.0. The first-order valence-corrected chi connectivity index (χ1v) is 11.1. The summed E-state index contributed by atoms with van der Waals surface area (Å²) in [6.07, 6.45) is -2.17. The predicted molar refractivity (Wildman–Crippen MR) is 108 cm³/mol. The van der Waals surface area contributed by atoms with Crippen LogP contribution >= 0.6 is 0 Å². The monoisotopic (exact) mass is 470 g/mol. The van der Waals surface area contributed by atoms with E-state index in [1.165, 1.54) is 41.2 Å². The van der Waals surface area contributed by atoms with Gasteiger partial charge in [0.2, 0.25) is 15.9 Å². The van der Waals surface area contributed by atoms with Crippen LogP contribution in [0.1, 0.15) is 18.1 Å². The molecule has 9 nitrogen and oxygen atoms in total. The van der Waals surface area contributed by atoms with E-state index in [9.17, 15) is 26.4 Å². The zero-order valence-electron chi connectivity index (χ0n) is 17.3. The van der Waals surface area contributed by atoms with Gasteiger partial charge in [0.05, 0.1) is 23.4 Å². The fourth-order valence-electron chi connectivity index (χ4n) is 3.52. The van der Waals surface area contributed by atoms with Gasteiger partial charge in [0.25, 0.3) is 0 Å². The van der Waals surface area contributed by atoms with Crippen LogP contribution in [-0.4, -0.2) is 61.1 Å². The minimum atomic E-state index is -4.73. The number of amides is 1. The molecule has 0 saturated carbocycles. The second-order valence-corrected chi connectivity index (χ2v) is 8.95. The summed E-state index contributed by atoms with van der Waals surface area (Å²) in [5.41, 5.74) is -1.46. The van der Waals surface area contributed by atoms with Gasteiger partial charge in [0, 0.05) is 45.1 Å². The number of sulfonamides is 1. The van der Waals surface area contributed by atoms with Gasteiger partial charge in [-0.05, 0) is 25.1 Å². The number of rotatable bonds is 5. The molecule has 2 aromatic rings. The lowest BCUT2D eigenvalue weighted by atomic mass is 10.1. The number of nitrogens with zero attached hydrogens (tertiary/aromatic N) is 5. The molecule has 1 atom stereocenters. The fourth-order valence-corrected chi connectivity index (χ4v) is 5.04. The van der Waals surface area contributed by atoms with Crippen molar-refractivity contribution in [3.8, 4) is 6.07 Å². The molecule has 0 spiro atoms. The molecule has 1 unspecified atom stereocenters. The highest BCUT2D eigenvalue weighted by molar-refractivity contribution is 7.89. The third kappa shape index (κ3) is 4.42. The van der Waals surface area contributed by atoms with Crippen LogP contribution in [0.15, 0.2) is 35.5 Å². The van der Waals surface area contributed by atoms with Crippen molar-refractivity contribution in [2.24, 2.45) is 0 Å². The molecule has 0 aliphatic carbocycles. The van der Waals surface area contributed by atoms with Crippen LogP contribution < -0.4 is 10.2 Å². The smallest absolute Gasteiger partial charge is 0.368 e. The summed E-state index contributed by atoms with van der Waals surface area (Å²) in [6, 6.07) is 3.61. The molecule has 1 aromatic carbocycles. The highest BCUT2D eigenvalue weighted by Crippen LogP contribution is 2.35. The number of hydrogen-bond donors (Lipinski definition) is 1. The Bertz CT molecular complexity index is 1160. The highest BCUT2D eigenvalue weighted by atomic mass is 32.2. The Morgan fingerprint density at radius 3 is 2.62 bits per heavy atom. The SMILES string of the molecule is CCn1cc(S(=O)(=O)N2CCN(c3ccc(C#N)c(C(F)(F)F)c3)CC2C(=O)NC)cn1. The van der Waals surface area contributed by atoms with E-state index in [4.69, 9.17) is 5.26 Å². The van der Waals surface area contributed by atoms with Gasteiger partial charge in [-0.3, -0.25) is 9.48 Å². The van der Waals surface area contributed by atoms with Gasteiger partial charge >= 0.3 is 6.18 Å². The molecule has 1 aliphatic heterocycles. The van der Waals surface area contributed by atoms with Crippen LogP contribution in [0.4, 0.5) is 18.9 Å². The quantitative estimate of drug-likeness (QED) is 0.708. The number of likely N-dealkylation sites (N-methyl/N-ethyl adjacent to an activating group) is 1. The van der Waals surface area contributed by atoms with E-state index < -0.39 is 39.3 Å². The maximum absolute atomic E-state index is 13.4. The zero-order chi connectivity index (χ0) is 23.7. The van der Waals surface area contributed by atoms with Gasteiger partial charge < -0.3 is 10.2 Å². The van der Waals surface area contributed by atoms with Crippen LogP contribution in [0, 0.1) is 11.3 Å². The molecule has 172 valence electrons. The molecule has 1 saturated heterocycles. The van der Waals surface area contributed by atoms with Crippen molar-refractivity contribution < 1.29 is 26.4 Å². The Morgan fingerprint density at radius 2 is 2.06 bits per heavy atom. The van der Waals surface area contributed by atoms with Crippen LogP contribution in [0.2, 0.25) is 0 Å². The Labute approximate surface area is 183 Å². The van der Waals surface area contributed by atoms with E-state index in [1.807, 2.05) is 0 Å². The normalized spacial score (nSPS) is 17.8. The Kier molecular flexibility index (Phi) is 6.47. The first-order chi connectivity index (χ1) is 15.0. The van der Waals surface area contributed by atoms with Gasteiger partial charge in [-0.15, -0.1) is 0 Å². The maximum atomic E-state index is 13.4. The molecular formula is C19H21F3N6O3S. The van der Waals surface area contributed by atoms with Gasteiger partial charge in [-0.25, -0.2) is 8.42 Å². The number of anilines is 1. The Balaban J connectivity index is 1.95. The molecule has 0 radical (unpaired) electrons. The first-order valence-electron chi connectivity index (χ1n) is 9.65. The maximum Gasteiger partial charge on any atom is 0.417 e. The summed E-state index contributed by atoms with van der Waals surface area (Å²) >= 11 is 0. The van der Waals surface area contributed by atoms with Crippen LogP contribution in [0.5, 0.6) is 0 Å². The molecule has 3 rings (SSSR count). The largest absolute Gasteiger partial charge is 0.417 e. The van der Waals surface area contributed by atoms with Crippen LogP contribution in [-0.2, 0) is 27.5 Å². The zero-order valence-corrected chi connectivity index (χ0v) is 18.1. The summed E-state index contributed by atoms with van der Waals surface area (Å²) < 4.78 is 68.8. The van der Waals surface area contributed by atoms with Gasteiger partial charge in [-0.2, -0.15) is 27.8 Å². The molecule has 2 heterocycles.